The summed E-state index contributed by atoms with van der Waals surface area (Å²) >= 11 is 7.02. The van der Waals surface area contributed by atoms with Gasteiger partial charge in [-0.1, -0.05) is 22.0 Å². The average Bonchev–Trinajstić information content (AvgIpc) is 3.16. The Hall–Kier alpha value is -2.26. The van der Waals surface area contributed by atoms with Crippen molar-refractivity contribution < 1.29 is 9.32 Å². The number of carbonyl (C=O) groups is 1. The molecule has 22 heavy (non-hydrogen) atoms. The van der Waals surface area contributed by atoms with E-state index in [0.29, 0.717) is 39.0 Å². The molecule has 1 N–H and O–H groups in total. The molecule has 114 valence electrons. The first-order chi connectivity index (χ1) is 10.5. The summed E-state index contributed by atoms with van der Waals surface area (Å²) in [5.41, 5.74) is 0.693. The summed E-state index contributed by atoms with van der Waals surface area (Å²) < 4.78 is 7.04. The third-order valence-corrected chi connectivity index (χ3v) is 4.10. The summed E-state index contributed by atoms with van der Waals surface area (Å²) in [5, 5.41) is 14.4. The molecule has 0 aliphatic heterocycles. The van der Waals surface area contributed by atoms with Crippen LogP contribution in [0.2, 0.25) is 4.34 Å². The second-order valence-corrected chi connectivity index (χ2v) is 6.18. The summed E-state index contributed by atoms with van der Waals surface area (Å²) in [4.78, 5) is 16.7. The van der Waals surface area contributed by atoms with Gasteiger partial charge in [0.25, 0.3) is 5.91 Å². The molecule has 0 saturated heterocycles. The topological polar surface area (TPSA) is 98.7 Å². The molecule has 8 nitrogen and oxygen atoms in total. The Morgan fingerprint density at radius 3 is 2.91 bits per heavy atom. The maximum atomic E-state index is 12.1. The second-order valence-electron chi connectivity index (χ2n) is 4.47. The number of halogens is 1. The van der Waals surface area contributed by atoms with Crippen molar-refractivity contribution >= 4 is 34.7 Å². The number of thiophene rings is 1. The molecule has 0 fully saturated rings. The van der Waals surface area contributed by atoms with Gasteiger partial charge in [-0.05, 0) is 19.1 Å². The van der Waals surface area contributed by atoms with Crippen LogP contribution in [0.25, 0.3) is 0 Å². The molecule has 0 aliphatic rings. The summed E-state index contributed by atoms with van der Waals surface area (Å²) in [7, 11) is 0. The van der Waals surface area contributed by atoms with Crippen molar-refractivity contribution in [2.45, 2.75) is 20.4 Å². The van der Waals surface area contributed by atoms with Gasteiger partial charge in [-0.3, -0.25) is 4.79 Å². The van der Waals surface area contributed by atoms with Gasteiger partial charge in [0.15, 0.2) is 11.6 Å². The highest BCUT2D eigenvalue weighted by molar-refractivity contribution is 7.18. The monoisotopic (exact) mass is 338 g/mol. The fourth-order valence-electron chi connectivity index (χ4n) is 1.77. The number of hydrogen-bond acceptors (Lipinski definition) is 7. The molecule has 3 aromatic rings. The normalized spacial score (nSPS) is 10.9. The number of anilines is 1. The third kappa shape index (κ3) is 3.00. The molecule has 0 aromatic carbocycles. The Morgan fingerprint density at radius 1 is 1.45 bits per heavy atom. The standard InChI is InChI=1S/C12H11ClN6O2S/c1-6-11(15-12(20)8-3-4-9(13)22-8)16-18-19(6)5-10-14-7(2)21-17-10/h3-4H,5H2,1-2H3,(H,15,20). The van der Waals surface area contributed by atoms with Crippen molar-refractivity contribution in [3.8, 4) is 0 Å². The molecule has 3 rings (SSSR count). The van der Waals surface area contributed by atoms with Crippen molar-refractivity contribution in [3.63, 3.8) is 0 Å². The van der Waals surface area contributed by atoms with Gasteiger partial charge in [0.1, 0.15) is 6.54 Å². The van der Waals surface area contributed by atoms with E-state index in [1.54, 1.807) is 30.7 Å². The minimum Gasteiger partial charge on any atom is -0.340 e. The molecule has 0 unspecified atom stereocenters. The first kappa shape index (κ1) is 14.7. The predicted molar refractivity (Wildman–Crippen MR) is 80.2 cm³/mol. The predicted octanol–water partition coefficient (Wildman–Crippen LogP) is 2.29. The summed E-state index contributed by atoms with van der Waals surface area (Å²) in [6.45, 7) is 3.82. The number of rotatable bonds is 4. The van der Waals surface area contributed by atoms with Crippen LogP contribution in [0.4, 0.5) is 5.82 Å². The second kappa shape index (κ2) is 5.85. The highest BCUT2D eigenvalue weighted by atomic mass is 35.5. The Bertz CT molecular complexity index is 823. The third-order valence-electron chi connectivity index (χ3n) is 2.87. The van der Waals surface area contributed by atoms with Gasteiger partial charge in [0.2, 0.25) is 5.89 Å². The zero-order chi connectivity index (χ0) is 15.7. The lowest BCUT2D eigenvalue weighted by Gasteiger charge is -2.02. The first-order valence-corrected chi connectivity index (χ1v) is 7.48. The highest BCUT2D eigenvalue weighted by Gasteiger charge is 2.15. The number of nitrogens with one attached hydrogen (secondary N) is 1. The first-order valence-electron chi connectivity index (χ1n) is 6.29. The van der Waals surface area contributed by atoms with E-state index in [2.05, 4.69) is 25.8 Å². The van der Waals surface area contributed by atoms with Crippen LogP contribution in [0.3, 0.4) is 0 Å². The van der Waals surface area contributed by atoms with E-state index in [1.165, 1.54) is 11.3 Å². The number of aromatic nitrogens is 5. The number of amides is 1. The van der Waals surface area contributed by atoms with Crippen LogP contribution in [0.1, 0.15) is 27.1 Å². The molecule has 10 heteroatoms. The van der Waals surface area contributed by atoms with Crippen LogP contribution in [0.15, 0.2) is 16.7 Å². The van der Waals surface area contributed by atoms with E-state index in [1.807, 2.05) is 0 Å². The Morgan fingerprint density at radius 2 is 2.27 bits per heavy atom. The summed E-state index contributed by atoms with van der Waals surface area (Å²) in [6, 6.07) is 3.33. The fraction of sp³-hybridized carbons (Fsp3) is 0.250. The van der Waals surface area contributed by atoms with Crippen molar-refractivity contribution in [1.29, 1.82) is 0 Å². The average molecular weight is 339 g/mol. The van der Waals surface area contributed by atoms with Crippen LogP contribution >= 0.6 is 22.9 Å². The summed E-state index contributed by atoms with van der Waals surface area (Å²) in [5.74, 6) is 1.08. The van der Waals surface area contributed by atoms with E-state index in [-0.39, 0.29) is 5.91 Å². The molecule has 3 heterocycles. The fourth-order valence-corrected chi connectivity index (χ4v) is 2.71. The Balaban J connectivity index is 1.74. The molecule has 0 saturated carbocycles. The van der Waals surface area contributed by atoms with Crippen LogP contribution in [-0.4, -0.2) is 31.0 Å². The minimum absolute atomic E-state index is 0.276. The maximum Gasteiger partial charge on any atom is 0.267 e. The molecule has 0 radical (unpaired) electrons. The summed E-state index contributed by atoms with van der Waals surface area (Å²) in [6.07, 6.45) is 0. The smallest absolute Gasteiger partial charge is 0.267 e. The van der Waals surface area contributed by atoms with Gasteiger partial charge < -0.3 is 9.84 Å². The van der Waals surface area contributed by atoms with E-state index in [0.717, 1.165) is 0 Å². The lowest BCUT2D eigenvalue weighted by atomic mass is 10.4. The molecular weight excluding hydrogens is 328 g/mol. The van der Waals surface area contributed by atoms with E-state index < -0.39 is 0 Å². The number of nitrogens with zero attached hydrogens (tertiary/aromatic N) is 5. The molecular formula is C12H11ClN6O2S. The van der Waals surface area contributed by atoms with Gasteiger partial charge in [-0.2, -0.15) is 4.98 Å². The van der Waals surface area contributed by atoms with E-state index >= 15 is 0 Å². The van der Waals surface area contributed by atoms with Crippen LogP contribution < -0.4 is 5.32 Å². The number of aryl methyl sites for hydroxylation is 1. The van der Waals surface area contributed by atoms with Gasteiger partial charge in [0, 0.05) is 6.92 Å². The number of hydrogen-bond donors (Lipinski definition) is 1. The van der Waals surface area contributed by atoms with Crippen LogP contribution in [0, 0.1) is 13.8 Å². The Labute approximate surface area is 134 Å². The van der Waals surface area contributed by atoms with Gasteiger partial charge in [-0.25, -0.2) is 4.68 Å². The quantitative estimate of drug-likeness (QED) is 0.783. The number of carbonyl (C=O) groups excluding carboxylic acids is 1. The molecule has 1 amide bonds. The SMILES string of the molecule is Cc1nc(Cn2nnc(NC(=O)c3ccc(Cl)s3)c2C)no1. The lowest BCUT2D eigenvalue weighted by Crippen LogP contribution is -2.12. The largest absolute Gasteiger partial charge is 0.340 e. The highest BCUT2D eigenvalue weighted by Crippen LogP contribution is 2.22. The lowest BCUT2D eigenvalue weighted by molar-refractivity contribution is 0.103. The van der Waals surface area contributed by atoms with Crippen molar-refractivity contribution in [1.82, 2.24) is 25.1 Å². The molecule has 3 aromatic heterocycles. The van der Waals surface area contributed by atoms with Crippen LogP contribution in [-0.2, 0) is 6.54 Å². The van der Waals surface area contributed by atoms with Gasteiger partial charge >= 0.3 is 0 Å². The van der Waals surface area contributed by atoms with Gasteiger partial charge in [-0.15, -0.1) is 16.4 Å². The molecule has 0 aliphatic carbocycles. The zero-order valence-corrected chi connectivity index (χ0v) is 13.3. The Kier molecular flexibility index (Phi) is 3.90. The van der Waals surface area contributed by atoms with Crippen LogP contribution in [0.5, 0.6) is 0 Å². The van der Waals surface area contributed by atoms with E-state index in [4.69, 9.17) is 16.1 Å². The molecule has 0 spiro atoms. The zero-order valence-electron chi connectivity index (χ0n) is 11.7. The van der Waals surface area contributed by atoms with Crippen molar-refractivity contribution in [3.05, 3.63) is 38.8 Å². The van der Waals surface area contributed by atoms with E-state index in [9.17, 15) is 4.79 Å². The van der Waals surface area contributed by atoms with Crippen molar-refractivity contribution in [2.75, 3.05) is 5.32 Å². The molecule has 0 atom stereocenters. The van der Waals surface area contributed by atoms with Gasteiger partial charge in [0.05, 0.1) is 14.9 Å². The maximum absolute atomic E-state index is 12.1. The van der Waals surface area contributed by atoms with Crippen molar-refractivity contribution in [2.24, 2.45) is 0 Å². The minimum atomic E-state index is -0.276. The molecule has 0 bridgehead atoms.